The number of pyridine rings is 1. The van der Waals surface area contributed by atoms with Crippen molar-refractivity contribution in [3.8, 4) is 5.75 Å². The average Bonchev–Trinajstić information content (AvgIpc) is 2.74. The lowest BCUT2D eigenvalue weighted by molar-refractivity contribution is -0.117. The third-order valence-electron chi connectivity index (χ3n) is 4.93. The van der Waals surface area contributed by atoms with E-state index in [1.165, 1.54) is 12.3 Å². The zero-order valence-corrected chi connectivity index (χ0v) is 15.9. The summed E-state index contributed by atoms with van der Waals surface area (Å²) in [7, 11) is 0. The van der Waals surface area contributed by atoms with Crippen LogP contribution in [0.4, 0.5) is 5.82 Å². The number of amides is 1. The molecule has 0 spiro atoms. The summed E-state index contributed by atoms with van der Waals surface area (Å²) in [6.07, 6.45) is 3.40. The van der Waals surface area contributed by atoms with Gasteiger partial charge in [-0.1, -0.05) is 43.5 Å². The van der Waals surface area contributed by atoms with E-state index < -0.39 is 0 Å². The second-order valence-corrected chi connectivity index (χ2v) is 6.80. The van der Waals surface area contributed by atoms with Crippen molar-refractivity contribution >= 4 is 11.7 Å². The molecule has 6 heteroatoms. The Morgan fingerprint density at radius 1 is 1.18 bits per heavy atom. The molecule has 1 atom stereocenters. The van der Waals surface area contributed by atoms with Crippen molar-refractivity contribution in [1.29, 1.82) is 0 Å². The molecule has 1 aliphatic rings. The lowest BCUT2D eigenvalue weighted by Crippen LogP contribution is -2.46. The van der Waals surface area contributed by atoms with Crippen molar-refractivity contribution in [1.82, 2.24) is 15.2 Å². The molecule has 1 aliphatic heterocycles. The van der Waals surface area contributed by atoms with Crippen LogP contribution in [0, 0.1) is 0 Å². The number of nitrogens with zero attached hydrogens (tertiary/aromatic N) is 3. The summed E-state index contributed by atoms with van der Waals surface area (Å²) in [5, 5.41) is 12.4. The number of aromatic hydroxyl groups is 1. The van der Waals surface area contributed by atoms with E-state index in [1.807, 2.05) is 36.4 Å². The van der Waals surface area contributed by atoms with Crippen LogP contribution in [0.2, 0.25) is 0 Å². The van der Waals surface area contributed by atoms with E-state index in [2.05, 4.69) is 33.3 Å². The number of carbonyl (C=O) groups is 1. The van der Waals surface area contributed by atoms with Gasteiger partial charge in [0.1, 0.15) is 11.6 Å². The first kappa shape index (κ1) is 19.5. The SMILES string of the molecule is C=CC(=O)NC(CC(=C)N1CCN(c2ccc(O)cn2)CC1)c1ccccc1. The highest BCUT2D eigenvalue weighted by molar-refractivity contribution is 5.87. The normalized spacial score (nSPS) is 15.0. The Morgan fingerprint density at radius 3 is 2.50 bits per heavy atom. The largest absolute Gasteiger partial charge is 0.506 e. The lowest BCUT2D eigenvalue weighted by atomic mass is 10.0. The monoisotopic (exact) mass is 378 g/mol. The molecule has 6 nitrogen and oxygen atoms in total. The zero-order chi connectivity index (χ0) is 19.9. The van der Waals surface area contributed by atoms with Gasteiger partial charge in [-0.25, -0.2) is 4.98 Å². The third-order valence-corrected chi connectivity index (χ3v) is 4.93. The molecule has 28 heavy (non-hydrogen) atoms. The van der Waals surface area contributed by atoms with Crippen LogP contribution < -0.4 is 10.2 Å². The minimum atomic E-state index is -0.190. The number of benzene rings is 1. The van der Waals surface area contributed by atoms with E-state index in [-0.39, 0.29) is 17.7 Å². The maximum atomic E-state index is 11.9. The number of hydrogen-bond donors (Lipinski definition) is 2. The second-order valence-electron chi connectivity index (χ2n) is 6.80. The quantitative estimate of drug-likeness (QED) is 0.725. The summed E-state index contributed by atoms with van der Waals surface area (Å²) < 4.78 is 0. The Kier molecular flexibility index (Phi) is 6.32. The predicted molar refractivity (Wildman–Crippen MR) is 111 cm³/mol. The second kappa shape index (κ2) is 9.08. The van der Waals surface area contributed by atoms with Gasteiger partial charge in [0, 0.05) is 38.3 Å². The van der Waals surface area contributed by atoms with Gasteiger partial charge in [-0.05, 0) is 23.8 Å². The van der Waals surface area contributed by atoms with E-state index in [4.69, 9.17) is 0 Å². The van der Waals surface area contributed by atoms with Crippen LogP contribution in [0.1, 0.15) is 18.0 Å². The molecule has 1 aromatic carbocycles. The van der Waals surface area contributed by atoms with Crippen molar-refractivity contribution in [2.45, 2.75) is 12.5 Å². The van der Waals surface area contributed by atoms with E-state index in [0.717, 1.165) is 43.3 Å². The number of anilines is 1. The number of nitrogens with one attached hydrogen (secondary N) is 1. The molecule has 0 saturated carbocycles. The smallest absolute Gasteiger partial charge is 0.243 e. The Bertz CT molecular complexity index is 812. The van der Waals surface area contributed by atoms with Crippen LogP contribution in [0.25, 0.3) is 0 Å². The van der Waals surface area contributed by atoms with Crippen LogP contribution >= 0.6 is 0 Å². The van der Waals surface area contributed by atoms with E-state index in [9.17, 15) is 9.90 Å². The molecular formula is C22H26N4O2. The van der Waals surface area contributed by atoms with Crippen LogP contribution in [0.3, 0.4) is 0 Å². The molecule has 0 bridgehead atoms. The lowest BCUT2D eigenvalue weighted by Gasteiger charge is -2.38. The fraction of sp³-hybridized carbons (Fsp3) is 0.273. The fourth-order valence-corrected chi connectivity index (χ4v) is 3.35. The molecule has 1 fully saturated rings. The summed E-state index contributed by atoms with van der Waals surface area (Å²) >= 11 is 0. The van der Waals surface area contributed by atoms with Crippen molar-refractivity contribution in [3.63, 3.8) is 0 Å². The van der Waals surface area contributed by atoms with Crippen LogP contribution in [0.5, 0.6) is 5.75 Å². The molecule has 2 heterocycles. The minimum absolute atomic E-state index is 0.143. The summed E-state index contributed by atoms with van der Waals surface area (Å²) in [6.45, 7) is 11.1. The van der Waals surface area contributed by atoms with Gasteiger partial charge in [0.2, 0.25) is 5.91 Å². The summed E-state index contributed by atoms with van der Waals surface area (Å²) in [6, 6.07) is 13.3. The number of aromatic nitrogens is 1. The molecule has 0 radical (unpaired) electrons. The fourth-order valence-electron chi connectivity index (χ4n) is 3.35. The number of piperazine rings is 1. The molecular weight excluding hydrogens is 352 g/mol. The van der Waals surface area contributed by atoms with Crippen molar-refractivity contribution in [2.24, 2.45) is 0 Å². The summed E-state index contributed by atoms with van der Waals surface area (Å²) in [4.78, 5) is 20.6. The molecule has 0 aliphatic carbocycles. The number of hydrogen-bond acceptors (Lipinski definition) is 5. The third kappa shape index (κ3) is 4.91. The predicted octanol–water partition coefficient (Wildman–Crippen LogP) is 2.86. The highest BCUT2D eigenvalue weighted by atomic mass is 16.3. The van der Waals surface area contributed by atoms with Crippen molar-refractivity contribution in [3.05, 3.63) is 79.2 Å². The van der Waals surface area contributed by atoms with Gasteiger partial charge < -0.3 is 20.2 Å². The topological polar surface area (TPSA) is 68.7 Å². The van der Waals surface area contributed by atoms with Gasteiger partial charge in [0.05, 0.1) is 12.2 Å². The summed E-state index contributed by atoms with van der Waals surface area (Å²) in [5.41, 5.74) is 2.04. The van der Waals surface area contributed by atoms with Gasteiger partial charge in [-0.15, -0.1) is 0 Å². The molecule has 146 valence electrons. The van der Waals surface area contributed by atoms with Gasteiger partial charge in [-0.3, -0.25) is 4.79 Å². The Morgan fingerprint density at radius 2 is 1.89 bits per heavy atom. The van der Waals surface area contributed by atoms with Gasteiger partial charge in [-0.2, -0.15) is 0 Å². The van der Waals surface area contributed by atoms with Crippen LogP contribution in [-0.2, 0) is 4.79 Å². The van der Waals surface area contributed by atoms with E-state index in [0.29, 0.717) is 6.42 Å². The number of rotatable bonds is 7. The molecule has 2 N–H and O–H groups in total. The van der Waals surface area contributed by atoms with E-state index in [1.54, 1.807) is 6.07 Å². The highest BCUT2D eigenvalue weighted by Crippen LogP contribution is 2.24. The first-order valence-electron chi connectivity index (χ1n) is 9.37. The average molecular weight is 378 g/mol. The van der Waals surface area contributed by atoms with Gasteiger partial charge in [0.25, 0.3) is 0 Å². The molecule has 1 saturated heterocycles. The van der Waals surface area contributed by atoms with Crippen LogP contribution in [-0.4, -0.2) is 47.1 Å². The zero-order valence-electron chi connectivity index (χ0n) is 15.9. The maximum Gasteiger partial charge on any atom is 0.243 e. The van der Waals surface area contributed by atoms with Gasteiger partial charge in [0.15, 0.2) is 0 Å². The molecule has 1 aromatic heterocycles. The first-order valence-corrected chi connectivity index (χ1v) is 9.37. The first-order chi connectivity index (χ1) is 13.6. The molecule has 1 unspecified atom stereocenters. The highest BCUT2D eigenvalue weighted by Gasteiger charge is 2.22. The molecule has 2 aromatic rings. The standard InChI is InChI=1S/C22H26N4O2/c1-3-22(28)24-20(18-7-5-4-6-8-18)15-17(2)25-11-13-26(14-12-25)21-10-9-19(27)16-23-21/h3-10,16,20,27H,1-2,11-15H2,(H,24,28). The van der Waals surface area contributed by atoms with E-state index >= 15 is 0 Å². The Labute approximate surface area is 165 Å². The summed E-state index contributed by atoms with van der Waals surface area (Å²) in [5.74, 6) is 0.845. The Hall–Kier alpha value is -3.28. The minimum Gasteiger partial charge on any atom is -0.506 e. The maximum absolute atomic E-state index is 11.9. The van der Waals surface area contributed by atoms with Crippen molar-refractivity contribution < 1.29 is 9.90 Å². The van der Waals surface area contributed by atoms with Crippen LogP contribution in [0.15, 0.2) is 73.6 Å². The Balaban J connectivity index is 1.60. The molecule has 1 amide bonds. The molecule has 3 rings (SSSR count). The van der Waals surface area contributed by atoms with Crippen molar-refractivity contribution in [2.75, 3.05) is 31.1 Å². The number of carbonyl (C=O) groups excluding carboxylic acids is 1. The van der Waals surface area contributed by atoms with Gasteiger partial charge >= 0.3 is 0 Å².